The first-order chi connectivity index (χ1) is 5.95. The van der Waals surface area contributed by atoms with E-state index in [9.17, 15) is 0 Å². The summed E-state index contributed by atoms with van der Waals surface area (Å²) >= 11 is 0. The van der Waals surface area contributed by atoms with Crippen molar-refractivity contribution in [2.45, 2.75) is 31.7 Å². The maximum absolute atomic E-state index is 4.06. The topological polar surface area (TPSA) is 50.7 Å². The van der Waals surface area contributed by atoms with Crippen molar-refractivity contribution >= 4 is 5.95 Å². The molecule has 64 valence electrons. The third kappa shape index (κ3) is 1.69. The lowest BCUT2D eigenvalue weighted by molar-refractivity contribution is 0.737. The maximum Gasteiger partial charge on any atom is 0.242 e. The Kier molecular flexibility index (Phi) is 2.16. The number of hydrogen-bond acceptors (Lipinski definition) is 4. The molecule has 1 N–H and O–H groups in total. The molecule has 0 spiro atoms. The molecule has 4 nitrogen and oxygen atoms in total. The van der Waals surface area contributed by atoms with Gasteiger partial charge in [0.25, 0.3) is 0 Å². The van der Waals surface area contributed by atoms with Gasteiger partial charge >= 0.3 is 0 Å². The summed E-state index contributed by atoms with van der Waals surface area (Å²) in [7, 11) is 0. The number of rotatable bonds is 2. The summed E-state index contributed by atoms with van der Waals surface area (Å²) in [6.07, 6.45) is 8.34. The zero-order chi connectivity index (χ0) is 8.23. The zero-order valence-electron chi connectivity index (χ0n) is 6.90. The average Bonchev–Trinajstić information content (AvgIpc) is 2.59. The van der Waals surface area contributed by atoms with Crippen LogP contribution in [0.5, 0.6) is 0 Å². The number of hydrogen-bond donors (Lipinski definition) is 1. The number of aromatic nitrogens is 3. The molecule has 12 heavy (non-hydrogen) atoms. The van der Waals surface area contributed by atoms with Crippen molar-refractivity contribution in [1.82, 2.24) is 15.2 Å². The fraction of sp³-hybridized carbons (Fsp3) is 0.625. The van der Waals surface area contributed by atoms with Crippen LogP contribution in [0.15, 0.2) is 12.4 Å². The largest absolute Gasteiger partial charge is 0.350 e. The minimum atomic E-state index is 0.564. The van der Waals surface area contributed by atoms with Crippen molar-refractivity contribution in [2.75, 3.05) is 5.32 Å². The highest BCUT2D eigenvalue weighted by Gasteiger charge is 2.14. The van der Waals surface area contributed by atoms with Crippen LogP contribution < -0.4 is 5.32 Å². The van der Waals surface area contributed by atoms with Crippen LogP contribution in [-0.4, -0.2) is 21.2 Å². The van der Waals surface area contributed by atoms with Crippen molar-refractivity contribution in [3.63, 3.8) is 0 Å². The second-order valence-corrected chi connectivity index (χ2v) is 3.09. The van der Waals surface area contributed by atoms with Crippen LogP contribution in [0.3, 0.4) is 0 Å². The molecule has 0 amide bonds. The molecular formula is C8H12N4. The van der Waals surface area contributed by atoms with E-state index in [-0.39, 0.29) is 0 Å². The molecule has 1 fully saturated rings. The standard InChI is InChI=1S/C8H12N4/c1-2-4-7(3-1)11-8-9-5-6-10-12-8/h5-7H,1-4H2,(H,9,11,12). The van der Waals surface area contributed by atoms with Crippen LogP contribution >= 0.6 is 0 Å². The lowest BCUT2D eigenvalue weighted by Crippen LogP contribution is -2.16. The van der Waals surface area contributed by atoms with E-state index in [2.05, 4.69) is 20.5 Å². The van der Waals surface area contributed by atoms with E-state index in [0.717, 1.165) is 0 Å². The molecule has 1 aromatic rings. The van der Waals surface area contributed by atoms with Gasteiger partial charge in [-0.2, -0.15) is 5.10 Å². The van der Waals surface area contributed by atoms with Crippen molar-refractivity contribution in [1.29, 1.82) is 0 Å². The van der Waals surface area contributed by atoms with Gasteiger partial charge in [-0.3, -0.25) is 0 Å². The smallest absolute Gasteiger partial charge is 0.242 e. The molecule has 1 aliphatic rings. The van der Waals surface area contributed by atoms with Crippen LogP contribution in [0, 0.1) is 0 Å². The average molecular weight is 164 g/mol. The summed E-state index contributed by atoms with van der Waals surface area (Å²) in [4.78, 5) is 4.06. The highest BCUT2D eigenvalue weighted by molar-refractivity contribution is 5.22. The molecule has 0 unspecified atom stereocenters. The molecule has 0 aromatic carbocycles. The minimum absolute atomic E-state index is 0.564. The molecule has 2 rings (SSSR count). The van der Waals surface area contributed by atoms with Gasteiger partial charge in [-0.1, -0.05) is 12.8 Å². The third-order valence-electron chi connectivity index (χ3n) is 2.17. The van der Waals surface area contributed by atoms with E-state index in [1.807, 2.05) is 0 Å². The van der Waals surface area contributed by atoms with Gasteiger partial charge in [0.2, 0.25) is 5.95 Å². The van der Waals surface area contributed by atoms with Gasteiger partial charge in [-0.15, -0.1) is 5.10 Å². The van der Waals surface area contributed by atoms with E-state index < -0.39 is 0 Å². The minimum Gasteiger partial charge on any atom is -0.350 e. The molecule has 0 atom stereocenters. The molecule has 4 heteroatoms. The second-order valence-electron chi connectivity index (χ2n) is 3.09. The van der Waals surface area contributed by atoms with Crippen LogP contribution in [0.1, 0.15) is 25.7 Å². The first-order valence-corrected chi connectivity index (χ1v) is 4.35. The van der Waals surface area contributed by atoms with Crippen molar-refractivity contribution < 1.29 is 0 Å². The second kappa shape index (κ2) is 3.47. The van der Waals surface area contributed by atoms with E-state index in [1.54, 1.807) is 12.4 Å². The Morgan fingerprint density at radius 2 is 2.08 bits per heavy atom. The van der Waals surface area contributed by atoms with Gasteiger partial charge in [0.15, 0.2) is 0 Å². The van der Waals surface area contributed by atoms with Gasteiger partial charge in [-0.05, 0) is 12.8 Å². The van der Waals surface area contributed by atoms with Crippen LogP contribution in [0.2, 0.25) is 0 Å². The Morgan fingerprint density at radius 3 is 2.75 bits per heavy atom. The third-order valence-corrected chi connectivity index (χ3v) is 2.17. The molecule has 0 aliphatic heterocycles. The summed E-state index contributed by atoms with van der Waals surface area (Å²) in [6, 6.07) is 0.564. The van der Waals surface area contributed by atoms with Crippen LogP contribution in [0.25, 0.3) is 0 Å². The highest BCUT2D eigenvalue weighted by atomic mass is 15.2. The first-order valence-electron chi connectivity index (χ1n) is 4.35. The number of nitrogens with zero attached hydrogens (tertiary/aromatic N) is 3. The maximum atomic E-state index is 4.06. The molecule has 0 bridgehead atoms. The molecular weight excluding hydrogens is 152 g/mol. The summed E-state index contributed by atoms with van der Waals surface area (Å²) in [5, 5.41) is 10.9. The normalized spacial score (nSPS) is 18.0. The Hall–Kier alpha value is -1.19. The molecule has 0 saturated heterocycles. The lowest BCUT2D eigenvalue weighted by Gasteiger charge is -2.09. The molecule has 1 heterocycles. The Morgan fingerprint density at radius 1 is 1.25 bits per heavy atom. The van der Waals surface area contributed by atoms with Crippen molar-refractivity contribution in [3.8, 4) is 0 Å². The predicted octanol–water partition coefficient (Wildman–Crippen LogP) is 1.23. The Labute approximate surface area is 71.4 Å². The monoisotopic (exact) mass is 164 g/mol. The molecule has 0 radical (unpaired) electrons. The summed E-state index contributed by atoms with van der Waals surface area (Å²) in [5.74, 6) is 0.657. The molecule has 1 aliphatic carbocycles. The molecule has 1 saturated carbocycles. The van der Waals surface area contributed by atoms with E-state index in [4.69, 9.17) is 0 Å². The van der Waals surface area contributed by atoms with Crippen molar-refractivity contribution in [2.24, 2.45) is 0 Å². The van der Waals surface area contributed by atoms with Crippen LogP contribution in [-0.2, 0) is 0 Å². The molecule has 1 aromatic heterocycles. The Bertz CT molecular complexity index is 230. The fourth-order valence-corrected chi connectivity index (χ4v) is 1.57. The quantitative estimate of drug-likeness (QED) is 0.714. The summed E-state index contributed by atoms with van der Waals surface area (Å²) < 4.78 is 0. The Balaban J connectivity index is 1.94. The van der Waals surface area contributed by atoms with Gasteiger partial charge in [-0.25, -0.2) is 4.98 Å². The SMILES string of the molecule is c1cnc(NC2CCCC2)nn1. The van der Waals surface area contributed by atoms with Gasteiger partial charge in [0.1, 0.15) is 0 Å². The number of anilines is 1. The van der Waals surface area contributed by atoms with Gasteiger partial charge in [0, 0.05) is 6.04 Å². The van der Waals surface area contributed by atoms with Gasteiger partial charge in [0.05, 0.1) is 12.4 Å². The summed E-state index contributed by atoms with van der Waals surface area (Å²) in [6.45, 7) is 0. The van der Waals surface area contributed by atoms with Crippen molar-refractivity contribution in [3.05, 3.63) is 12.4 Å². The zero-order valence-corrected chi connectivity index (χ0v) is 6.90. The van der Waals surface area contributed by atoms with E-state index in [0.29, 0.717) is 12.0 Å². The number of nitrogens with one attached hydrogen (secondary N) is 1. The summed E-state index contributed by atoms with van der Waals surface area (Å²) in [5.41, 5.74) is 0. The van der Waals surface area contributed by atoms with E-state index in [1.165, 1.54) is 25.7 Å². The predicted molar refractivity (Wildman–Crippen MR) is 45.7 cm³/mol. The fourth-order valence-electron chi connectivity index (χ4n) is 1.57. The van der Waals surface area contributed by atoms with Gasteiger partial charge < -0.3 is 5.32 Å². The van der Waals surface area contributed by atoms with Crippen LogP contribution in [0.4, 0.5) is 5.95 Å². The highest BCUT2D eigenvalue weighted by Crippen LogP contribution is 2.19. The lowest BCUT2D eigenvalue weighted by atomic mass is 10.3. The van der Waals surface area contributed by atoms with E-state index >= 15 is 0 Å². The first kappa shape index (κ1) is 7.46.